The van der Waals surface area contributed by atoms with Crippen molar-refractivity contribution in [3.63, 3.8) is 0 Å². The second-order valence-corrected chi connectivity index (χ2v) is 6.60. The third-order valence-electron chi connectivity index (χ3n) is 5.62. The van der Waals surface area contributed by atoms with Gasteiger partial charge in [-0.1, -0.05) is 37.6 Å². The highest BCUT2D eigenvalue weighted by atomic mass is 16.3. The summed E-state index contributed by atoms with van der Waals surface area (Å²) in [5, 5.41) is 10.3. The molecule has 0 saturated heterocycles. The summed E-state index contributed by atoms with van der Waals surface area (Å²) < 4.78 is 0. The summed E-state index contributed by atoms with van der Waals surface area (Å²) in [7, 11) is 0. The molecular formula is C15H22O. The van der Waals surface area contributed by atoms with E-state index in [1.807, 2.05) is 0 Å². The molecule has 3 rings (SSSR count). The van der Waals surface area contributed by atoms with Crippen molar-refractivity contribution >= 4 is 0 Å². The summed E-state index contributed by atoms with van der Waals surface area (Å²) in [6, 6.07) is 0. The molecule has 4 bridgehead atoms. The van der Waals surface area contributed by atoms with Crippen LogP contribution in [-0.2, 0) is 0 Å². The van der Waals surface area contributed by atoms with E-state index in [0.29, 0.717) is 23.7 Å². The number of aliphatic hydroxyl groups excluding tert-OH is 1. The van der Waals surface area contributed by atoms with Crippen LogP contribution in [0.15, 0.2) is 23.8 Å². The Hall–Kier alpha value is -0.560. The molecule has 0 radical (unpaired) electrons. The molecule has 5 atom stereocenters. The third-order valence-corrected chi connectivity index (χ3v) is 5.62. The minimum Gasteiger partial charge on any atom is -0.393 e. The second kappa shape index (κ2) is 3.01. The quantitative estimate of drug-likeness (QED) is 0.619. The van der Waals surface area contributed by atoms with E-state index in [4.69, 9.17) is 0 Å². The molecule has 1 heteroatoms. The van der Waals surface area contributed by atoms with Gasteiger partial charge < -0.3 is 5.11 Å². The van der Waals surface area contributed by atoms with E-state index in [9.17, 15) is 5.11 Å². The predicted molar refractivity (Wildman–Crippen MR) is 65.9 cm³/mol. The Kier molecular flexibility index (Phi) is 1.99. The maximum atomic E-state index is 10.3. The van der Waals surface area contributed by atoms with Gasteiger partial charge in [0.1, 0.15) is 0 Å². The van der Waals surface area contributed by atoms with Crippen molar-refractivity contribution in [1.29, 1.82) is 0 Å². The van der Waals surface area contributed by atoms with Crippen LogP contribution in [0, 0.1) is 29.1 Å². The van der Waals surface area contributed by atoms with Crippen LogP contribution in [0.2, 0.25) is 0 Å². The molecule has 3 aliphatic carbocycles. The largest absolute Gasteiger partial charge is 0.393 e. The Bertz CT molecular complexity index is 377. The van der Waals surface area contributed by atoms with Gasteiger partial charge in [0.05, 0.1) is 6.10 Å². The van der Waals surface area contributed by atoms with Gasteiger partial charge in [-0.25, -0.2) is 0 Å². The van der Waals surface area contributed by atoms with Crippen molar-refractivity contribution in [1.82, 2.24) is 0 Å². The zero-order valence-corrected chi connectivity index (χ0v) is 10.5. The highest BCUT2D eigenvalue weighted by Gasteiger charge is 2.59. The van der Waals surface area contributed by atoms with Crippen molar-refractivity contribution in [3.05, 3.63) is 23.8 Å². The van der Waals surface area contributed by atoms with Gasteiger partial charge in [-0.2, -0.15) is 0 Å². The fourth-order valence-corrected chi connectivity index (χ4v) is 4.63. The molecule has 88 valence electrons. The molecule has 0 amide bonds. The molecule has 16 heavy (non-hydrogen) atoms. The molecule has 0 aromatic rings. The SMILES string of the molecule is C=C1[C@H]2C[C@@H](O)C(C)(C)[C@H]3[C@@H]2C(C)=CC[C@@H]13. The van der Waals surface area contributed by atoms with Gasteiger partial charge in [-0.3, -0.25) is 0 Å². The number of hydrogen-bond acceptors (Lipinski definition) is 1. The highest BCUT2D eigenvalue weighted by molar-refractivity contribution is 5.33. The minimum absolute atomic E-state index is 0.0563. The van der Waals surface area contributed by atoms with Crippen LogP contribution in [0.25, 0.3) is 0 Å². The zero-order chi connectivity index (χ0) is 11.7. The fourth-order valence-electron chi connectivity index (χ4n) is 4.63. The third kappa shape index (κ3) is 1.05. The molecule has 3 aliphatic rings. The van der Waals surface area contributed by atoms with Crippen LogP contribution >= 0.6 is 0 Å². The number of hydrogen-bond donors (Lipinski definition) is 1. The number of aliphatic hydroxyl groups is 1. The molecule has 0 aromatic carbocycles. The Labute approximate surface area is 98.2 Å². The van der Waals surface area contributed by atoms with Crippen LogP contribution in [0.4, 0.5) is 0 Å². The van der Waals surface area contributed by atoms with Crippen molar-refractivity contribution in [2.45, 2.75) is 39.7 Å². The Morgan fingerprint density at radius 2 is 2.06 bits per heavy atom. The first-order chi connectivity index (χ1) is 7.44. The molecule has 1 nitrogen and oxygen atoms in total. The van der Waals surface area contributed by atoms with Crippen LogP contribution in [-0.4, -0.2) is 11.2 Å². The maximum absolute atomic E-state index is 10.3. The lowest BCUT2D eigenvalue weighted by Crippen LogP contribution is -2.47. The van der Waals surface area contributed by atoms with Gasteiger partial charge in [-0.15, -0.1) is 0 Å². The summed E-state index contributed by atoms with van der Waals surface area (Å²) in [6.07, 6.45) is 4.34. The molecule has 0 aromatic heterocycles. The monoisotopic (exact) mass is 218 g/mol. The molecule has 0 spiro atoms. The Morgan fingerprint density at radius 3 is 2.75 bits per heavy atom. The van der Waals surface area contributed by atoms with E-state index in [2.05, 4.69) is 33.4 Å². The van der Waals surface area contributed by atoms with Gasteiger partial charge in [-0.05, 0) is 48.9 Å². The molecular weight excluding hydrogens is 196 g/mol. The maximum Gasteiger partial charge on any atom is 0.0600 e. The molecule has 0 unspecified atom stereocenters. The van der Waals surface area contributed by atoms with E-state index < -0.39 is 0 Å². The standard InChI is InChI=1S/C15H22O/c1-8-5-6-10-9(2)11-7-12(16)15(3,4)14(10)13(8)11/h5,10-14,16H,2,6-7H2,1,3-4H3/t10-,11+,12+,13+,14+/m0/s1. The summed E-state index contributed by atoms with van der Waals surface area (Å²) in [6.45, 7) is 11.1. The first-order valence-electron chi connectivity index (χ1n) is 6.48. The minimum atomic E-state index is -0.147. The summed E-state index contributed by atoms with van der Waals surface area (Å²) in [5.41, 5.74) is 3.03. The average molecular weight is 218 g/mol. The van der Waals surface area contributed by atoms with Gasteiger partial charge >= 0.3 is 0 Å². The predicted octanol–water partition coefficient (Wildman–Crippen LogP) is 3.16. The van der Waals surface area contributed by atoms with E-state index in [1.54, 1.807) is 5.57 Å². The van der Waals surface area contributed by atoms with Crippen LogP contribution in [0.1, 0.15) is 33.6 Å². The van der Waals surface area contributed by atoms with Gasteiger partial charge in [0.25, 0.3) is 0 Å². The molecule has 1 N–H and O–H groups in total. The highest BCUT2D eigenvalue weighted by Crippen LogP contribution is 2.64. The van der Waals surface area contributed by atoms with E-state index in [1.165, 1.54) is 5.57 Å². The van der Waals surface area contributed by atoms with Crippen molar-refractivity contribution in [3.8, 4) is 0 Å². The van der Waals surface area contributed by atoms with Gasteiger partial charge in [0.2, 0.25) is 0 Å². The summed E-state index contributed by atoms with van der Waals surface area (Å²) >= 11 is 0. The smallest absolute Gasteiger partial charge is 0.0600 e. The van der Waals surface area contributed by atoms with Crippen LogP contribution < -0.4 is 0 Å². The lowest BCUT2D eigenvalue weighted by molar-refractivity contribution is -0.0595. The Balaban J connectivity index is 2.12. The van der Waals surface area contributed by atoms with Crippen LogP contribution in [0.3, 0.4) is 0 Å². The summed E-state index contributed by atoms with van der Waals surface area (Å²) in [4.78, 5) is 0. The van der Waals surface area contributed by atoms with Gasteiger partial charge in [0.15, 0.2) is 0 Å². The molecule has 0 heterocycles. The van der Waals surface area contributed by atoms with Crippen molar-refractivity contribution in [2.24, 2.45) is 29.1 Å². The molecule has 0 aliphatic heterocycles. The van der Waals surface area contributed by atoms with Crippen molar-refractivity contribution in [2.75, 3.05) is 0 Å². The first-order valence-corrected chi connectivity index (χ1v) is 6.48. The number of allylic oxidation sites excluding steroid dienone is 3. The normalized spacial score (nSPS) is 49.1. The van der Waals surface area contributed by atoms with Crippen LogP contribution in [0.5, 0.6) is 0 Å². The van der Waals surface area contributed by atoms with E-state index in [0.717, 1.165) is 12.8 Å². The lowest BCUT2D eigenvalue weighted by Gasteiger charge is -2.48. The molecule has 2 saturated carbocycles. The Morgan fingerprint density at radius 1 is 1.38 bits per heavy atom. The fraction of sp³-hybridized carbons (Fsp3) is 0.733. The second-order valence-electron chi connectivity index (χ2n) is 6.60. The zero-order valence-electron chi connectivity index (χ0n) is 10.5. The summed E-state index contributed by atoms with van der Waals surface area (Å²) in [5.74, 6) is 2.48. The average Bonchev–Trinajstić information content (AvgIpc) is 2.40. The topological polar surface area (TPSA) is 20.2 Å². The lowest BCUT2D eigenvalue weighted by atomic mass is 9.57. The van der Waals surface area contributed by atoms with E-state index in [-0.39, 0.29) is 11.5 Å². The molecule has 2 fully saturated rings. The van der Waals surface area contributed by atoms with E-state index >= 15 is 0 Å². The van der Waals surface area contributed by atoms with Gasteiger partial charge in [0, 0.05) is 0 Å². The van der Waals surface area contributed by atoms with Crippen molar-refractivity contribution < 1.29 is 5.11 Å². The first kappa shape index (κ1) is 10.6. The number of rotatable bonds is 0.